The first-order valence-electron chi connectivity index (χ1n) is 5.60. The number of amides is 1. The lowest BCUT2D eigenvalue weighted by molar-refractivity contribution is -0.119. The number of carbonyl (C=O) groups is 1. The first-order chi connectivity index (χ1) is 8.22. The van der Waals surface area contributed by atoms with E-state index < -0.39 is 0 Å². The minimum atomic E-state index is -0.285. The third-order valence-electron chi connectivity index (χ3n) is 2.73. The molecule has 1 amide bonds. The van der Waals surface area contributed by atoms with Crippen molar-refractivity contribution in [3.8, 4) is 0 Å². The van der Waals surface area contributed by atoms with E-state index in [9.17, 15) is 9.18 Å². The lowest BCUT2D eigenvalue weighted by atomic mass is 10.2. The van der Waals surface area contributed by atoms with Gasteiger partial charge in [-0.05, 0) is 31.2 Å². The summed E-state index contributed by atoms with van der Waals surface area (Å²) in [6.07, 6.45) is 0. The molecule has 0 bridgehead atoms. The standard InChI is InChI=1S/C12H15FN2OS/c1-2-15(10-5-3-9(13)4-6-10)12(16)11-7-17-8-14-11/h3-6,11,14H,2,7-8H2,1H3. The summed E-state index contributed by atoms with van der Waals surface area (Å²) in [7, 11) is 0. The van der Waals surface area contributed by atoms with Crippen LogP contribution < -0.4 is 10.2 Å². The molecule has 0 aliphatic carbocycles. The fourth-order valence-corrected chi connectivity index (χ4v) is 2.76. The van der Waals surface area contributed by atoms with Crippen LogP contribution in [-0.4, -0.2) is 30.1 Å². The molecule has 0 radical (unpaired) electrons. The van der Waals surface area contributed by atoms with Crippen LogP contribution in [-0.2, 0) is 4.79 Å². The zero-order chi connectivity index (χ0) is 12.3. The van der Waals surface area contributed by atoms with Crippen molar-refractivity contribution >= 4 is 23.4 Å². The number of hydrogen-bond acceptors (Lipinski definition) is 3. The van der Waals surface area contributed by atoms with E-state index in [0.717, 1.165) is 17.3 Å². The average molecular weight is 254 g/mol. The van der Waals surface area contributed by atoms with Gasteiger partial charge in [-0.1, -0.05) is 0 Å². The van der Waals surface area contributed by atoms with Crippen LogP contribution in [0.2, 0.25) is 0 Å². The molecule has 1 aromatic carbocycles. The van der Waals surface area contributed by atoms with E-state index in [1.165, 1.54) is 12.1 Å². The maximum absolute atomic E-state index is 12.8. The fraction of sp³-hybridized carbons (Fsp3) is 0.417. The topological polar surface area (TPSA) is 32.3 Å². The molecular formula is C12H15FN2OS. The van der Waals surface area contributed by atoms with Gasteiger partial charge in [-0.2, -0.15) is 0 Å². The Bertz CT molecular complexity index is 390. The molecule has 1 aromatic rings. The molecule has 3 nitrogen and oxygen atoms in total. The van der Waals surface area contributed by atoms with Crippen molar-refractivity contribution in [3.05, 3.63) is 30.1 Å². The monoisotopic (exact) mass is 254 g/mol. The number of rotatable bonds is 3. The van der Waals surface area contributed by atoms with Gasteiger partial charge in [0.05, 0.1) is 6.04 Å². The highest BCUT2D eigenvalue weighted by molar-refractivity contribution is 7.99. The van der Waals surface area contributed by atoms with Gasteiger partial charge in [-0.3, -0.25) is 10.1 Å². The summed E-state index contributed by atoms with van der Waals surface area (Å²) in [4.78, 5) is 13.9. The van der Waals surface area contributed by atoms with Crippen LogP contribution in [0, 0.1) is 5.82 Å². The van der Waals surface area contributed by atoms with Gasteiger partial charge in [-0.25, -0.2) is 4.39 Å². The molecule has 1 saturated heterocycles. The Morgan fingerprint density at radius 2 is 2.24 bits per heavy atom. The number of halogens is 1. The minimum Gasteiger partial charge on any atom is -0.311 e. The zero-order valence-corrected chi connectivity index (χ0v) is 10.5. The van der Waals surface area contributed by atoms with Crippen molar-refractivity contribution in [1.29, 1.82) is 0 Å². The first kappa shape index (κ1) is 12.4. The highest BCUT2D eigenvalue weighted by Crippen LogP contribution is 2.18. The number of likely N-dealkylation sites (N-methyl/N-ethyl adjacent to an activating group) is 1. The van der Waals surface area contributed by atoms with E-state index in [2.05, 4.69) is 5.32 Å². The summed E-state index contributed by atoms with van der Waals surface area (Å²) in [5.74, 6) is 1.39. The third kappa shape index (κ3) is 2.79. The Kier molecular flexibility index (Phi) is 4.02. The summed E-state index contributed by atoms with van der Waals surface area (Å²) < 4.78 is 12.8. The molecule has 1 heterocycles. The second-order valence-electron chi connectivity index (χ2n) is 3.83. The van der Waals surface area contributed by atoms with Gasteiger partial charge in [0.1, 0.15) is 5.82 Å². The molecule has 0 saturated carbocycles. The van der Waals surface area contributed by atoms with Gasteiger partial charge in [-0.15, -0.1) is 11.8 Å². The molecule has 1 unspecified atom stereocenters. The van der Waals surface area contributed by atoms with Crippen molar-refractivity contribution in [1.82, 2.24) is 5.32 Å². The highest BCUT2D eigenvalue weighted by Gasteiger charge is 2.27. The quantitative estimate of drug-likeness (QED) is 0.893. The number of nitrogens with zero attached hydrogens (tertiary/aromatic N) is 1. The molecule has 1 aliphatic heterocycles. The van der Waals surface area contributed by atoms with Crippen LogP contribution in [0.4, 0.5) is 10.1 Å². The Morgan fingerprint density at radius 3 is 2.76 bits per heavy atom. The van der Waals surface area contributed by atoms with Crippen LogP contribution in [0.5, 0.6) is 0 Å². The SMILES string of the molecule is CCN(C(=O)C1CSCN1)c1ccc(F)cc1. The zero-order valence-electron chi connectivity index (χ0n) is 9.65. The Morgan fingerprint density at radius 1 is 1.53 bits per heavy atom. The fourth-order valence-electron chi connectivity index (χ4n) is 1.83. The van der Waals surface area contributed by atoms with Gasteiger partial charge in [0.15, 0.2) is 0 Å². The molecule has 0 spiro atoms. The van der Waals surface area contributed by atoms with Crippen molar-refractivity contribution in [2.45, 2.75) is 13.0 Å². The molecule has 1 aliphatic rings. The molecular weight excluding hydrogens is 239 g/mol. The summed E-state index contributed by atoms with van der Waals surface area (Å²) >= 11 is 1.72. The van der Waals surface area contributed by atoms with E-state index in [4.69, 9.17) is 0 Å². The van der Waals surface area contributed by atoms with E-state index in [0.29, 0.717) is 6.54 Å². The predicted octanol–water partition coefficient (Wildman–Crippen LogP) is 1.84. The normalized spacial score (nSPS) is 19.3. The molecule has 1 fully saturated rings. The molecule has 1 N–H and O–H groups in total. The maximum Gasteiger partial charge on any atom is 0.244 e. The Hall–Kier alpha value is -1.07. The van der Waals surface area contributed by atoms with Crippen molar-refractivity contribution in [2.75, 3.05) is 23.1 Å². The van der Waals surface area contributed by atoms with Gasteiger partial charge < -0.3 is 4.90 Å². The molecule has 1 atom stereocenters. The van der Waals surface area contributed by atoms with E-state index >= 15 is 0 Å². The molecule has 17 heavy (non-hydrogen) atoms. The van der Waals surface area contributed by atoms with Crippen LogP contribution in [0.25, 0.3) is 0 Å². The predicted molar refractivity (Wildman–Crippen MR) is 68.7 cm³/mol. The maximum atomic E-state index is 12.8. The second kappa shape index (κ2) is 5.51. The second-order valence-corrected chi connectivity index (χ2v) is 4.86. The van der Waals surface area contributed by atoms with Gasteiger partial charge in [0, 0.05) is 23.9 Å². The van der Waals surface area contributed by atoms with E-state index in [1.54, 1.807) is 28.8 Å². The minimum absolute atomic E-state index is 0.0594. The number of hydrogen-bond donors (Lipinski definition) is 1. The van der Waals surface area contributed by atoms with Crippen molar-refractivity contribution in [3.63, 3.8) is 0 Å². The average Bonchev–Trinajstić information content (AvgIpc) is 2.86. The molecule has 92 valence electrons. The molecule has 2 rings (SSSR count). The Balaban J connectivity index is 2.14. The number of thioether (sulfide) groups is 1. The summed E-state index contributed by atoms with van der Waals surface area (Å²) in [5, 5.41) is 3.15. The van der Waals surface area contributed by atoms with Crippen LogP contribution in [0.3, 0.4) is 0 Å². The molecule has 0 aromatic heterocycles. The smallest absolute Gasteiger partial charge is 0.244 e. The number of benzene rings is 1. The lowest BCUT2D eigenvalue weighted by Crippen LogP contribution is -2.45. The highest BCUT2D eigenvalue weighted by atomic mass is 32.2. The van der Waals surface area contributed by atoms with Crippen LogP contribution in [0.15, 0.2) is 24.3 Å². The summed E-state index contributed by atoms with van der Waals surface area (Å²) in [6, 6.07) is 5.91. The first-order valence-corrected chi connectivity index (χ1v) is 6.76. The number of anilines is 1. The third-order valence-corrected chi connectivity index (χ3v) is 3.67. The van der Waals surface area contributed by atoms with Crippen LogP contribution in [0.1, 0.15) is 6.92 Å². The lowest BCUT2D eigenvalue weighted by Gasteiger charge is -2.24. The molecule has 5 heteroatoms. The number of carbonyl (C=O) groups excluding carboxylic acids is 1. The summed E-state index contributed by atoms with van der Waals surface area (Å²) in [6.45, 7) is 2.51. The van der Waals surface area contributed by atoms with E-state index in [1.807, 2.05) is 6.92 Å². The largest absolute Gasteiger partial charge is 0.311 e. The van der Waals surface area contributed by atoms with Gasteiger partial charge in [0.2, 0.25) is 5.91 Å². The van der Waals surface area contributed by atoms with Gasteiger partial charge in [0.25, 0.3) is 0 Å². The van der Waals surface area contributed by atoms with Gasteiger partial charge >= 0.3 is 0 Å². The van der Waals surface area contributed by atoms with Crippen LogP contribution >= 0.6 is 11.8 Å². The summed E-state index contributed by atoms with van der Waals surface area (Å²) in [5.41, 5.74) is 0.748. The Labute approximate surface area is 104 Å². The van der Waals surface area contributed by atoms with E-state index in [-0.39, 0.29) is 17.8 Å². The van der Waals surface area contributed by atoms with Crippen molar-refractivity contribution < 1.29 is 9.18 Å². The van der Waals surface area contributed by atoms with Crippen molar-refractivity contribution in [2.24, 2.45) is 0 Å². The number of nitrogens with one attached hydrogen (secondary N) is 1.